The Bertz CT molecular complexity index is 578. The van der Waals surface area contributed by atoms with E-state index in [9.17, 15) is 23.5 Å². The van der Waals surface area contributed by atoms with Crippen LogP contribution >= 0.6 is 11.6 Å². The quantitative estimate of drug-likeness (QED) is 0.260. The molecule has 0 fully saturated rings. The van der Waals surface area contributed by atoms with Gasteiger partial charge < -0.3 is 14.6 Å². The SMILES string of the molecule is CCOC(=O)C(=O)C=C([O-])c1cc(Cl)cc(OC(F)F)c1.[Li]. The van der Waals surface area contributed by atoms with Gasteiger partial charge in [0.2, 0.25) is 0 Å². The van der Waals surface area contributed by atoms with Gasteiger partial charge >= 0.3 is 12.6 Å². The van der Waals surface area contributed by atoms with Crippen molar-refractivity contribution in [2.45, 2.75) is 13.5 Å². The van der Waals surface area contributed by atoms with E-state index in [4.69, 9.17) is 11.6 Å². The van der Waals surface area contributed by atoms with Gasteiger partial charge in [0.25, 0.3) is 5.78 Å². The van der Waals surface area contributed by atoms with E-state index in [2.05, 4.69) is 9.47 Å². The van der Waals surface area contributed by atoms with Crippen molar-refractivity contribution in [1.29, 1.82) is 0 Å². The van der Waals surface area contributed by atoms with Crippen molar-refractivity contribution in [1.82, 2.24) is 0 Å². The van der Waals surface area contributed by atoms with Crippen LogP contribution in [-0.4, -0.2) is 43.8 Å². The molecule has 22 heavy (non-hydrogen) atoms. The summed E-state index contributed by atoms with van der Waals surface area (Å²) in [6, 6.07) is 3.21. The van der Waals surface area contributed by atoms with Crippen LogP contribution in [0, 0.1) is 0 Å². The van der Waals surface area contributed by atoms with E-state index in [-0.39, 0.29) is 41.8 Å². The summed E-state index contributed by atoms with van der Waals surface area (Å²) in [5.41, 5.74) is -0.171. The van der Waals surface area contributed by atoms with Crippen molar-refractivity contribution >= 4 is 48.0 Å². The Balaban J connectivity index is 0.00000441. The van der Waals surface area contributed by atoms with E-state index < -0.39 is 24.1 Å². The molecule has 0 N–H and O–H groups in total. The summed E-state index contributed by atoms with van der Waals surface area (Å²) in [6.07, 6.45) is 0.496. The first kappa shape index (κ1) is 20.4. The summed E-state index contributed by atoms with van der Waals surface area (Å²) < 4.78 is 32.8. The minimum absolute atomic E-state index is 0. The first-order chi connectivity index (χ1) is 9.83. The molecule has 115 valence electrons. The number of hydrogen-bond acceptors (Lipinski definition) is 5. The minimum Gasteiger partial charge on any atom is -0.872 e. The fourth-order valence-electron chi connectivity index (χ4n) is 1.34. The molecule has 0 atom stereocenters. The molecular weight excluding hydrogens is 317 g/mol. The Morgan fingerprint density at radius 2 is 2.00 bits per heavy atom. The van der Waals surface area contributed by atoms with Gasteiger partial charge in [-0.05, 0) is 36.8 Å². The number of carbonyl (C=O) groups excluding carboxylic acids is 2. The number of esters is 1. The molecular formula is C13H10ClF2LiO5-. The number of ether oxygens (including phenoxy) is 2. The molecule has 0 saturated heterocycles. The summed E-state index contributed by atoms with van der Waals surface area (Å²) >= 11 is 5.66. The zero-order valence-corrected chi connectivity index (χ0v) is 12.5. The third-order valence-corrected chi connectivity index (χ3v) is 2.34. The summed E-state index contributed by atoms with van der Waals surface area (Å²) in [6.45, 7) is -1.61. The van der Waals surface area contributed by atoms with Crippen LogP contribution < -0.4 is 9.84 Å². The van der Waals surface area contributed by atoms with E-state index in [0.29, 0.717) is 6.08 Å². The largest absolute Gasteiger partial charge is 0.872 e. The Labute approximate surface area is 142 Å². The molecule has 1 aromatic rings. The molecule has 0 aliphatic rings. The molecule has 0 bridgehead atoms. The standard InChI is InChI=1S/C13H11ClF2O5.Li/c1-2-20-12(19)11(18)6-10(17)7-3-8(14)5-9(4-7)21-13(15)16;/h3-6,13,17H,2H2,1H3;/p-1. The maximum Gasteiger partial charge on any atom is 0.387 e. The third kappa shape index (κ3) is 6.48. The molecule has 0 spiro atoms. The zero-order chi connectivity index (χ0) is 16.0. The van der Waals surface area contributed by atoms with Gasteiger partial charge in [-0.15, -0.1) is 0 Å². The summed E-state index contributed by atoms with van der Waals surface area (Å²) in [4.78, 5) is 22.4. The maximum atomic E-state index is 12.1. The number of benzene rings is 1. The Kier molecular flexibility index (Phi) is 8.79. The number of alkyl halides is 2. The molecule has 1 rings (SSSR count). The van der Waals surface area contributed by atoms with Crippen LogP contribution in [0.5, 0.6) is 5.75 Å². The van der Waals surface area contributed by atoms with Gasteiger partial charge in [0.1, 0.15) is 5.75 Å². The van der Waals surface area contributed by atoms with Gasteiger partial charge in [-0.25, -0.2) is 4.79 Å². The first-order valence-electron chi connectivity index (χ1n) is 5.69. The third-order valence-electron chi connectivity index (χ3n) is 2.12. The normalized spacial score (nSPS) is 10.9. The number of carbonyl (C=O) groups is 2. The topological polar surface area (TPSA) is 75.7 Å². The average Bonchev–Trinajstić information content (AvgIpc) is 2.37. The van der Waals surface area contributed by atoms with Gasteiger partial charge in [-0.2, -0.15) is 8.78 Å². The Morgan fingerprint density at radius 1 is 1.36 bits per heavy atom. The van der Waals surface area contributed by atoms with Crippen molar-refractivity contribution in [2.75, 3.05) is 6.61 Å². The molecule has 9 heteroatoms. The second-order valence-electron chi connectivity index (χ2n) is 3.65. The predicted molar refractivity (Wildman–Crippen MR) is 73.5 cm³/mol. The van der Waals surface area contributed by atoms with Crippen LogP contribution in [0.2, 0.25) is 5.02 Å². The number of ketones is 1. The Hall–Kier alpha value is -1.55. The van der Waals surface area contributed by atoms with Crippen molar-refractivity contribution in [3.05, 3.63) is 34.9 Å². The molecule has 1 aromatic carbocycles. The van der Waals surface area contributed by atoms with Crippen molar-refractivity contribution in [3.8, 4) is 5.75 Å². The van der Waals surface area contributed by atoms with Crippen LogP contribution in [-0.2, 0) is 14.3 Å². The molecule has 1 radical (unpaired) electrons. The average molecular weight is 327 g/mol. The summed E-state index contributed by atoms with van der Waals surface area (Å²) in [7, 11) is 0. The van der Waals surface area contributed by atoms with E-state index in [1.165, 1.54) is 6.92 Å². The van der Waals surface area contributed by atoms with Gasteiger partial charge in [0.15, 0.2) is 0 Å². The van der Waals surface area contributed by atoms with E-state index in [1.807, 2.05) is 0 Å². The van der Waals surface area contributed by atoms with Crippen LogP contribution in [0.25, 0.3) is 5.76 Å². The van der Waals surface area contributed by atoms with Crippen LogP contribution in [0.4, 0.5) is 8.78 Å². The summed E-state index contributed by atoms with van der Waals surface area (Å²) in [5, 5.41) is 11.7. The van der Waals surface area contributed by atoms with Gasteiger partial charge in [0.05, 0.1) is 6.61 Å². The smallest absolute Gasteiger partial charge is 0.387 e. The Morgan fingerprint density at radius 3 is 2.55 bits per heavy atom. The van der Waals surface area contributed by atoms with Gasteiger partial charge in [-0.1, -0.05) is 17.4 Å². The number of rotatable bonds is 6. The fourth-order valence-corrected chi connectivity index (χ4v) is 1.56. The van der Waals surface area contributed by atoms with Crippen molar-refractivity contribution in [2.24, 2.45) is 0 Å². The molecule has 0 amide bonds. The van der Waals surface area contributed by atoms with E-state index in [1.54, 1.807) is 0 Å². The summed E-state index contributed by atoms with van der Waals surface area (Å²) in [5.74, 6) is -3.55. The molecule has 0 aromatic heterocycles. The van der Waals surface area contributed by atoms with E-state index >= 15 is 0 Å². The van der Waals surface area contributed by atoms with Crippen LogP contribution in [0.3, 0.4) is 0 Å². The minimum atomic E-state index is -3.09. The molecule has 0 aliphatic carbocycles. The van der Waals surface area contributed by atoms with Crippen molar-refractivity contribution in [3.63, 3.8) is 0 Å². The molecule has 5 nitrogen and oxygen atoms in total. The fraction of sp³-hybridized carbons (Fsp3) is 0.231. The molecule has 0 aliphatic heterocycles. The molecule has 0 heterocycles. The molecule has 0 saturated carbocycles. The predicted octanol–water partition coefficient (Wildman–Crippen LogP) is 1.39. The second-order valence-corrected chi connectivity index (χ2v) is 4.08. The van der Waals surface area contributed by atoms with Gasteiger partial charge in [0, 0.05) is 23.9 Å². The number of hydrogen-bond donors (Lipinski definition) is 0. The zero-order valence-electron chi connectivity index (χ0n) is 11.8. The van der Waals surface area contributed by atoms with Crippen LogP contribution in [0.1, 0.15) is 12.5 Å². The van der Waals surface area contributed by atoms with Crippen molar-refractivity contribution < 1.29 is 33.0 Å². The van der Waals surface area contributed by atoms with Crippen LogP contribution in [0.15, 0.2) is 24.3 Å². The number of halogens is 3. The van der Waals surface area contributed by atoms with Gasteiger partial charge in [-0.3, -0.25) is 4.79 Å². The maximum absolute atomic E-state index is 12.1. The molecule has 0 unspecified atom stereocenters. The monoisotopic (exact) mass is 326 g/mol. The van der Waals surface area contributed by atoms with E-state index in [0.717, 1.165) is 18.2 Å². The second kappa shape index (κ2) is 9.46. The first-order valence-corrected chi connectivity index (χ1v) is 6.06.